The molecule has 0 bridgehead atoms. The van der Waals surface area contributed by atoms with Gasteiger partial charge in [-0.1, -0.05) is 35.0 Å². The normalized spacial score (nSPS) is 15.7. The van der Waals surface area contributed by atoms with Crippen molar-refractivity contribution < 1.29 is 4.52 Å². The van der Waals surface area contributed by atoms with E-state index in [1.54, 1.807) is 12.5 Å². The number of hydrogen-bond acceptors (Lipinski definition) is 6. The van der Waals surface area contributed by atoms with E-state index in [-0.39, 0.29) is 17.8 Å². The van der Waals surface area contributed by atoms with E-state index in [1.165, 1.54) is 0 Å². The van der Waals surface area contributed by atoms with Gasteiger partial charge in [-0.3, -0.25) is 0 Å². The summed E-state index contributed by atoms with van der Waals surface area (Å²) in [5.41, 5.74) is 2.72. The van der Waals surface area contributed by atoms with Gasteiger partial charge in [0.15, 0.2) is 0 Å². The summed E-state index contributed by atoms with van der Waals surface area (Å²) < 4.78 is 4.86. The molecule has 2 N–H and O–H groups in total. The molecule has 2 aromatic heterocycles. The van der Waals surface area contributed by atoms with Crippen molar-refractivity contribution in [1.29, 1.82) is 0 Å². The topological polar surface area (TPSA) is 75.9 Å². The third-order valence-corrected chi connectivity index (χ3v) is 5.24. The largest absolute Gasteiger partial charge is 0.364 e. The van der Waals surface area contributed by atoms with Crippen LogP contribution in [0.1, 0.15) is 29.8 Å². The van der Waals surface area contributed by atoms with Crippen LogP contribution in [0, 0.1) is 0 Å². The molecule has 4 rings (SSSR count). The number of rotatable bonds is 5. The van der Waals surface area contributed by atoms with Crippen molar-refractivity contribution in [3.05, 3.63) is 70.8 Å². The number of anilines is 1. The number of benzene rings is 1. The van der Waals surface area contributed by atoms with Crippen molar-refractivity contribution >= 4 is 30.0 Å². The molecule has 3 heterocycles. The van der Waals surface area contributed by atoms with Crippen molar-refractivity contribution in [3.8, 4) is 0 Å². The fourth-order valence-electron chi connectivity index (χ4n) is 3.58. The van der Waals surface area contributed by atoms with E-state index in [2.05, 4.69) is 26.8 Å². The zero-order valence-corrected chi connectivity index (χ0v) is 16.3. The summed E-state index contributed by atoms with van der Waals surface area (Å²) in [5, 5.41) is 11.3. The van der Waals surface area contributed by atoms with Crippen LogP contribution in [0.5, 0.6) is 0 Å². The number of piperidine rings is 1. The highest BCUT2D eigenvalue weighted by molar-refractivity contribution is 6.31. The van der Waals surface area contributed by atoms with Gasteiger partial charge in [-0.25, -0.2) is 9.97 Å². The van der Waals surface area contributed by atoms with E-state index < -0.39 is 0 Å². The fourth-order valence-corrected chi connectivity index (χ4v) is 3.89. The molecule has 0 atom stereocenters. The van der Waals surface area contributed by atoms with Crippen LogP contribution in [0.15, 0.2) is 53.4 Å². The maximum atomic E-state index is 6.57. The Labute approximate surface area is 169 Å². The lowest BCUT2D eigenvalue weighted by Gasteiger charge is -2.38. The smallest absolute Gasteiger partial charge is 0.223 e. The number of hydrogen-bond donors (Lipinski definition) is 2. The minimum atomic E-state index is -0.211. The van der Waals surface area contributed by atoms with E-state index in [0.717, 1.165) is 47.9 Å². The minimum Gasteiger partial charge on any atom is -0.364 e. The summed E-state index contributed by atoms with van der Waals surface area (Å²) in [6.45, 7) is 2.37. The molecular weight excluding hydrogens is 385 g/mol. The van der Waals surface area contributed by atoms with Gasteiger partial charge in [-0.2, -0.15) is 0 Å². The Balaban J connectivity index is 0.00000210. The molecule has 142 valence electrons. The first-order valence-electron chi connectivity index (χ1n) is 8.70. The van der Waals surface area contributed by atoms with Gasteiger partial charge in [-0.05, 0) is 43.6 Å². The second-order valence-corrected chi connectivity index (χ2v) is 6.83. The number of aromatic nitrogens is 3. The molecular formula is C19H21Cl2N5O. The Hall–Kier alpha value is -2.15. The molecule has 0 unspecified atom stereocenters. The predicted octanol–water partition coefficient (Wildman–Crippen LogP) is 3.82. The van der Waals surface area contributed by atoms with E-state index >= 15 is 0 Å². The standard InChI is InChI=1S/C19H20ClN5O.ClH/c20-16-4-2-1-3-15(16)19(7-10-21-11-8-19)17-5-9-22-18(24-17)23-13-14-6-12-26-25-14;/h1-6,9,12,21H,7-8,10-11,13H2,(H,22,23,24);1H. The maximum Gasteiger partial charge on any atom is 0.223 e. The average Bonchev–Trinajstić information content (AvgIpc) is 3.21. The first-order valence-corrected chi connectivity index (χ1v) is 9.08. The van der Waals surface area contributed by atoms with Gasteiger partial charge in [0.05, 0.1) is 12.2 Å². The van der Waals surface area contributed by atoms with Crippen molar-refractivity contribution in [2.24, 2.45) is 0 Å². The monoisotopic (exact) mass is 405 g/mol. The average molecular weight is 406 g/mol. The van der Waals surface area contributed by atoms with Crippen LogP contribution in [0.3, 0.4) is 0 Å². The molecule has 8 heteroatoms. The first-order chi connectivity index (χ1) is 12.8. The number of nitrogens with one attached hydrogen (secondary N) is 2. The van der Waals surface area contributed by atoms with E-state index in [4.69, 9.17) is 21.1 Å². The van der Waals surface area contributed by atoms with Crippen LogP contribution < -0.4 is 10.6 Å². The Bertz CT molecular complexity index is 866. The second kappa shape index (κ2) is 8.69. The molecule has 3 aromatic rings. The molecule has 0 spiro atoms. The van der Waals surface area contributed by atoms with E-state index in [0.29, 0.717) is 12.5 Å². The van der Waals surface area contributed by atoms with Gasteiger partial charge >= 0.3 is 0 Å². The Morgan fingerprint density at radius 1 is 1.15 bits per heavy atom. The van der Waals surface area contributed by atoms with Gasteiger partial charge in [0.2, 0.25) is 5.95 Å². The lowest BCUT2D eigenvalue weighted by atomic mass is 9.70. The fraction of sp³-hybridized carbons (Fsp3) is 0.316. The highest BCUT2D eigenvalue weighted by Crippen LogP contribution is 2.42. The van der Waals surface area contributed by atoms with Crippen LogP contribution in [0.25, 0.3) is 0 Å². The second-order valence-electron chi connectivity index (χ2n) is 6.42. The molecule has 1 aliphatic heterocycles. The molecule has 0 radical (unpaired) electrons. The maximum absolute atomic E-state index is 6.57. The van der Waals surface area contributed by atoms with Gasteiger partial charge < -0.3 is 15.2 Å². The number of nitrogens with zero attached hydrogens (tertiary/aromatic N) is 3. The summed E-state index contributed by atoms with van der Waals surface area (Å²) in [6, 6.07) is 11.9. The molecule has 0 aliphatic carbocycles. The van der Waals surface area contributed by atoms with Gasteiger partial charge in [0, 0.05) is 22.7 Å². The first kappa shape index (κ1) is 19.6. The molecule has 1 aliphatic rings. The summed E-state index contributed by atoms with van der Waals surface area (Å²) in [4.78, 5) is 9.17. The van der Waals surface area contributed by atoms with Crippen molar-refractivity contribution in [2.75, 3.05) is 18.4 Å². The van der Waals surface area contributed by atoms with Crippen LogP contribution in [-0.2, 0) is 12.0 Å². The summed E-state index contributed by atoms with van der Waals surface area (Å²) in [7, 11) is 0. The third-order valence-electron chi connectivity index (χ3n) is 4.91. The predicted molar refractivity (Wildman–Crippen MR) is 107 cm³/mol. The van der Waals surface area contributed by atoms with Crippen molar-refractivity contribution in [3.63, 3.8) is 0 Å². The molecule has 27 heavy (non-hydrogen) atoms. The quantitative estimate of drug-likeness (QED) is 0.671. The molecule has 6 nitrogen and oxygen atoms in total. The van der Waals surface area contributed by atoms with E-state index in [1.807, 2.05) is 30.3 Å². The van der Waals surface area contributed by atoms with Crippen LogP contribution in [-0.4, -0.2) is 28.2 Å². The lowest BCUT2D eigenvalue weighted by molar-refractivity contribution is 0.354. The Kier molecular flexibility index (Phi) is 6.31. The Morgan fingerprint density at radius 3 is 2.70 bits per heavy atom. The third kappa shape index (κ3) is 4.08. The van der Waals surface area contributed by atoms with Crippen LogP contribution in [0.4, 0.5) is 5.95 Å². The van der Waals surface area contributed by atoms with Crippen molar-refractivity contribution in [1.82, 2.24) is 20.4 Å². The molecule has 1 saturated heterocycles. The number of halogens is 2. The lowest BCUT2D eigenvalue weighted by Crippen LogP contribution is -2.41. The highest BCUT2D eigenvalue weighted by Gasteiger charge is 2.38. The molecule has 1 aromatic carbocycles. The minimum absolute atomic E-state index is 0. The zero-order chi connectivity index (χ0) is 17.8. The highest BCUT2D eigenvalue weighted by atomic mass is 35.5. The summed E-state index contributed by atoms with van der Waals surface area (Å²) in [5.74, 6) is 0.579. The molecule has 1 fully saturated rings. The van der Waals surface area contributed by atoms with Gasteiger partial charge in [-0.15, -0.1) is 12.4 Å². The summed E-state index contributed by atoms with van der Waals surface area (Å²) >= 11 is 6.57. The Morgan fingerprint density at radius 2 is 1.96 bits per heavy atom. The molecule has 0 saturated carbocycles. The SMILES string of the molecule is Cl.Clc1ccccc1C1(c2ccnc(NCc3ccon3)n2)CCNCC1. The molecule has 0 amide bonds. The van der Waals surface area contributed by atoms with Gasteiger partial charge in [0.1, 0.15) is 12.0 Å². The van der Waals surface area contributed by atoms with Crippen molar-refractivity contribution in [2.45, 2.75) is 24.8 Å². The van der Waals surface area contributed by atoms with Gasteiger partial charge in [0.25, 0.3) is 0 Å². The zero-order valence-electron chi connectivity index (χ0n) is 14.7. The summed E-state index contributed by atoms with van der Waals surface area (Å²) in [6.07, 6.45) is 5.23. The van der Waals surface area contributed by atoms with Crippen LogP contribution >= 0.6 is 24.0 Å². The van der Waals surface area contributed by atoms with E-state index in [9.17, 15) is 0 Å². The van der Waals surface area contributed by atoms with Crippen LogP contribution in [0.2, 0.25) is 5.02 Å².